The second-order valence-corrected chi connectivity index (χ2v) is 2.69. The predicted molar refractivity (Wildman–Crippen MR) is 41.1 cm³/mol. The Balaban J connectivity index is 3.17. The van der Waals surface area contributed by atoms with Crippen molar-refractivity contribution in [3.05, 3.63) is 22.4 Å². The van der Waals surface area contributed by atoms with Gasteiger partial charge < -0.3 is 5.73 Å². The summed E-state index contributed by atoms with van der Waals surface area (Å²) in [4.78, 5) is 4.01. The number of aryl methyl sites for hydroxylation is 1. The van der Waals surface area contributed by atoms with Crippen LogP contribution in [0.15, 0.2) is 16.7 Å². The molecular weight excluding hydrogens is 180 g/mol. The summed E-state index contributed by atoms with van der Waals surface area (Å²) < 4.78 is 0.961. The lowest BCUT2D eigenvalue weighted by Crippen LogP contribution is -1.88. The molecule has 48 valence electrons. The Morgan fingerprint density at radius 1 is 1.67 bits per heavy atom. The second kappa shape index (κ2) is 2.35. The van der Waals surface area contributed by atoms with Gasteiger partial charge in [-0.05, 0) is 28.9 Å². The molecule has 1 aromatic rings. The molecule has 1 rings (SSSR count). The zero-order valence-electron chi connectivity index (χ0n) is 5.06. The molecule has 0 fully saturated rings. The highest BCUT2D eigenvalue weighted by Gasteiger charge is 1.92. The van der Waals surface area contributed by atoms with Crippen LogP contribution in [-0.4, -0.2) is 4.98 Å². The van der Waals surface area contributed by atoms with E-state index in [4.69, 9.17) is 5.73 Å². The highest BCUT2D eigenvalue weighted by atomic mass is 79.9. The fourth-order valence-corrected chi connectivity index (χ4v) is 0.888. The van der Waals surface area contributed by atoms with Crippen LogP contribution in [0.1, 0.15) is 5.69 Å². The van der Waals surface area contributed by atoms with Gasteiger partial charge in [0.15, 0.2) is 0 Å². The number of aromatic nitrogens is 1. The van der Waals surface area contributed by atoms with E-state index in [1.165, 1.54) is 0 Å². The molecule has 0 amide bonds. The Bertz CT molecular complexity index is 222. The molecule has 0 aliphatic heterocycles. The summed E-state index contributed by atoms with van der Waals surface area (Å²) in [5.74, 6) is 0. The van der Waals surface area contributed by atoms with Gasteiger partial charge in [-0.25, -0.2) is 0 Å². The van der Waals surface area contributed by atoms with E-state index >= 15 is 0 Å². The number of hydrogen-bond donors (Lipinski definition) is 1. The van der Waals surface area contributed by atoms with E-state index in [2.05, 4.69) is 20.9 Å². The average molecular weight is 187 g/mol. The molecule has 1 aromatic heterocycles. The number of rotatable bonds is 0. The Morgan fingerprint density at radius 2 is 2.33 bits per heavy atom. The largest absolute Gasteiger partial charge is 0.397 e. The van der Waals surface area contributed by atoms with Crippen LogP contribution in [0.5, 0.6) is 0 Å². The molecule has 0 atom stereocenters. The number of nitrogen functional groups attached to an aromatic ring is 1. The van der Waals surface area contributed by atoms with E-state index < -0.39 is 0 Å². The van der Waals surface area contributed by atoms with Gasteiger partial charge in [-0.1, -0.05) is 0 Å². The number of anilines is 1. The van der Waals surface area contributed by atoms with Crippen LogP contribution in [0, 0.1) is 6.92 Å². The van der Waals surface area contributed by atoms with Gasteiger partial charge in [-0.3, -0.25) is 4.98 Å². The Hall–Kier alpha value is -0.570. The highest BCUT2D eigenvalue weighted by molar-refractivity contribution is 9.10. The van der Waals surface area contributed by atoms with E-state index in [1.807, 2.05) is 13.0 Å². The van der Waals surface area contributed by atoms with Gasteiger partial charge >= 0.3 is 0 Å². The van der Waals surface area contributed by atoms with Crippen LogP contribution in [0.2, 0.25) is 0 Å². The molecule has 2 N–H and O–H groups in total. The molecule has 0 saturated carbocycles. The summed E-state index contributed by atoms with van der Waals surface area (Å²) in [5.41, 5.74) is 7.08. The van der Waals surface area contributed by atoms with Crippen molar-refractivity contribution in [2.45, 2.75) is 6.92 Å². The summed E-state index contributed by atoms with van der Waals surface area (Å²) in [5, 5.41) is 0. The highest BCUT2D eigenvalue weighted by Crippen LogP contribution is 2.15. The molecule has 0 spiro atoms. The van der Waals surface area contributed by atoms with Crippen molar-refractivity contribution in [1.82, 2.24) is 4.98 Å². The molecule has 9 heavy (non-hydrogen) atoms. The van der Waals surface area contributed by atoms with Crippen LogP contribution in [0.25, 0.3) is 0 Å². The first-order valence-corrected chi connectivity index (χ1v) is 3.37. The lowest BCUT2D eigenvalue weighted by Gasteiger charge is -1.95. The monoisotopic (exact) mass is 186 g/mol. The maximum absolute atomic E-state index is 5.44. The Labute approximate surface area is 62.2 Å². The van der Waals surface area contributed by atoms with E-state index in [-0.39, 0.29) is 0 Å². The normalized spacial score (nSPS) is 9.56. The van der Waals surface area contributed by atoms with Gasteiger partial charge in [0.05, 0.1) is 17.6 Å². The summed E-state index contributed by atoms with van der Waals surface area (Å²) in [6, 6.07) is 1.84. The van der Waals surface area contributed by atoms with Gasteiger partial charge in [0.2, 0.25) is 0 Å². The zero-order valence-corrected chi connectivity index (χ0v) is 6.64. The third-order valence-electron chi connectivity index (χ3n) is 1.05. The van der Waals surface area contributed by atoms with Crippen LogP contribution < -0.4 is 5.73 Å². The minimum absolute atomic E-state index is 0.687. The SMILES string of the molecule is Cc1ncc(N)cc1Br. The standard InChI is InChI=1S/C6H7BrN2/c1-4-6(7)2-5(8)3-9-4/h2-3H,8H2,1H3. The molecule has 0 aromatic carbocycles. The summed E-state index contributed by atoms with van der Waals surface area (Å²) in [7, 11) is 0. The Kier molecular flexibility index (Phi) is 1.71. The van der Waals surface area contributed by atoms with Crippen molar-refractivity contribution < 1.29 is 0 Å². The molecule has 1 heterocycles. The van der Waals surface area contributed by atoms with Gasteiger partial charge in [-0.2, -0.15) is 0 Å². The summed E-state index contributed by atoms with van der Waals surface area (Å²) in [6.45, 7) is 1.92. The number of hydrogen-bond acceptors (Lipinski definition) is 2. The van der Waals surface area contributed by atoms with Crippen molar-refractivity contribution in [3.63, 3.8) is 0 Å². The average Bonchev–Trinajstić information content (AvgIpc) is 1.80. The van der Waals surface area contributed by atoms with E-state index in [9.17, 15) is 0 Å². The second-order valence-electron chi connectivity index (χ2n) is 1.84. The molecule has 0 aliphatic rings. The molecule has 2 nitrogen and oxygen atoms in total. The zero-order chi connectivity index (χ0) is 6.85. The number of halogens is 1. The number of pyridine rings is 1. The summed E-state index contributed by atoms with van der Waals surface area (Å²) >= 11 is 3.30. The molecular formula is C6H7BrN2. The third-order valence-corrected chi connectivity index (χ3v) is 1.85. The van der Waals surface area contributed by atoms with E-state index in [0.717, 1.165) is 10.2 Å². The van der Waals surface area contributed by atoms with Crippen molar-refractivity contribution in [3.8, 4) is 0 Å². The first kappa shape index (κ1) is 6.55. The fourth-order valence-electron chi connectivity index (χ4n) is 0.521. The van der Waals surface area contributed by atoms with Crippen LogP contribution >= 0.6 is 15.9 Å². The fraction of sp³-hybridized carbons (Fsp3) is 0.167. The maximum atomic E-state index is 5.44. The van der Waals surface area contributed by atoms with Gasteiger partial charge in [0, 0.05) is 4.47 Å². The first-order chi connectivity index (χ1) is 4.20. The maximum Gasteiger partial charge on any atom is 0.0516 e. The van der Waals surface area contributed by atoms with Gasteiger partial charge in [0.1, 0.15) is 0 Å². The first-order valence-electron chi connectivity index (χ1n) is 2.58. The van der Waals surface area contributed by atoms with E-state index in [1.54, 1.807) is 6.20 Å². The van der Waals surface area contributed by atoms with E-state index in [0.29, 0.717) is 5.69 Å². The number of nitrogens with two attached hydrogens (primary N) is 1. The lowest BCUT2D eigenvalue weighted by molar-refractivity contribution is 1.18. The number of nitrogens with zero attached hydrogens (tertiary/aromatic N) is 1. The van der Waals surface area contributed by atoms with Crippen LogP contribution in [0.4, 0.5) is 5.69 Å². The third kappa shape index (κ3) is 1.42. The quantitative estimate of drug-likeness (QED) is 0.671. The molecule has 0 radical (unpaired) electrons. The molecule has 0 saturated heterocycles. The smallest absolute Gasteiger partial charge is 0.0516 e. The van der Waals surface area contributed by atoms with Gasteiger partial charge in [-0.15, -0.1) is 0 Å². The predicted octanol–water partition coefficient (Wildman–Crippen LogP) is 1.73. The summed E-state index contributed by atoms with van der Waals surface area (Å²) in [6.07, 6.45) is 1.64. The molecule has 0 unspecified atom stereocenters. The molecule has 3 heteroatoms. The topological polar surface area (TPSA) is 38.9 Å². The van der Waals surface area contributed by atoms with Crippen molar-refractivity contribution in [1.29, 1.82) is 0 Å². The minimum Gasteiger partial charge on any atom is -0.397 e. The van der Waals surface area contributed by atoms with Crippen molar-refractivity contribution in [2.75, 3.05) is 5.73 Å². The molecule has 0 aliphatic carbocycles. The molecule has 0 bridgehead atoms. The van der Waals surface area contributed by atoms with Crippen molar-refractivity contribution >= 4 is 21.6 Å². The van der Waals surface area contributed by atoms with Crippen molar-refractivity contribution in [2.24, 2.45) is 0 Å². The Morgan fingerprint density at radius 3 is 2.78 bits per heavy atom. The minimum atomic E-state index is 0.687. The lowest BCUT2D eigenvalue weighted by atomic mass is 10.3. The van der Waals surface area contributed by atoms with Crippen LogP contribution in [-0.2, 0) is 0 Å². The van der Waals surface area contributed by atoms with Crippen LogP contribution in [0.3, 0.4) is 0 Å². The van der Waals surface area contributed by atoms with Gasteiger partial charge in [0.25, 0.3) is 0 Å².